The molecule has 21 heavy (non-hydrogen) atoms. The number of hydrogen-bond acceptors (Lipinski definition) is 5. The van der Waals surface area contributed by atoms with Crippen LogP contribution in [0.5, 0.6) is 0 Å². The van der Waals surface area contributed by atoms with E-state index in [0.717, 1.165) is 17.0 Å². The first-order valence-electron chi connectivity index (χ1n) is 6.06. The first kappa shape index (κ1) is 15.8. The predicted molar refractivity (Wildman–Crippen MR) is 83.2 cm³/mol. The zero-order valence-electron chi connectivity index (χ0n) is 11.3. The summed E-state index contributed by atoms with van der Waals surface area (Å²) in [4.78, 5) is 5.13. The molecular weight excluding hydrogens is 330 g/mol. The Bertz CT molecular complexity index is 822. The smallest absolute Gasteiger partial charge is 0.255 e. The van der Waals surface area contributed by atoms with Crippen LogP contribution in [0.3, 0.4) is 0 Å². The van der Waals surface area contributed by atoms with Crippen LogP contribution in [-0.2, 0) is 16.4 Å². The summed E-state index contributed by atoms with van der Waals surface area (Å²) in [6.07, 6.45) is 0.738. The maximum Gasteiger partial charge on any atom is 0.265 e. The van der Waals surface area contributed by atoms with Crippen molar-refractivity contribution in [2.24, 2.45) is 0 Å². The van der Waals surface area contributed by atoms with Gasteiger partial charge in [0.05, 0.1) is 22.3 Å². The Morgan fingerprint density at radius 3 is 2.71 bits per heavy atom. The number of thiazole rings is 1. The van der Waals surface area contributed by atoms with Crippen LogP contribution >= 0.6 is 22.9 Å². The Morgan fingerprint density at radius 1 is 1.48 bits per heavy atom. The van der Waals surface area contributed by atoms with Gasteiger partial charge >= 0.3 is 0 Å². The standard InChI is InChI=1S/C13H12ClN3O2S2/c1-3-11-8(2)20-13(16-11)17-21(18,19)12-5-4-9(7-15)6-10(12)14/h4-6H,3H2,1-2H3,(H,16,17). The number of nitrogens with one attached hydrogen (secondary N) is 1. The summed E-state index contributed by atoms with van der Waals surface area (Å²) in [5, 5.41) is 9.08. The summed E-state index contributed by atoms with van der Waals surface area (Å²) in [7, 11) is -3.82. The van der Waals surface area contributed by atoms with Crippen LogP contribution < -0.4 is 4.72 Å². The topological polar surface area (TPSA) is 82.8 Å². The summed E-state index contributed by atoms with van der Waals surface area (Å²) >= 11 is 7.21. The molecule has 8 heteroatoms. The van der Waals surface area contributed by atoms with Crippen LogP contribution in [-0.4, -0.2) is 13.4 Å². The van der Waals surface area contributed by atoms with Crippen LogP contribution in [0.2, 0.25) is 5.02 Å². The fourth-order valence-corrected chi connectivity index (χ4v) is 4.44. The Hall–Kier alpha value is -1.62. The van der Waals surface area contributed by atoms with Gasteiger partial charge in [-0.1, -0.05) is 18.5 Å². The molecule has 0 aliphatic carbocycles. The molecule has 0 aliphatic rings. The molecule has 1 aromatic carbocycles. The lowest BCUT2D eigenvalue weighted by molar-refractivity contribution is 0.601. The van der Waals surface area contributed by atoms with Gasteiger partial charge in [-0.3, -0.25) is 4.72 Å². The van der Waals surface area contributed by atoms with Crippen LogP contribution in [0.15, 0.2) is 23.1 Å². The minimum Gasteiger partial charge on any atom is -0.255 e. The summed E-state index contributed by atoms with van der Waals surface area (Å²) in [5.74, 6) is 0. The highest BCUT2D eigenvalue weighted by Gasteiger charge is 2.20. The van der Waals surface area contributed by atoms with E-state index in [4.69, 9.17) is 16.9 Å². The van der Waals surface area contributed by atoms with Gasteiger partial charge in [-0.05, 0) is 31.5 Å². The molecule has 1 aromatic heterocycles. The number of benzene rings is 1. The molecule has 0 saturated heterocycles. The highest BCUT2D eigenvalue weighted by Crippen LogP contribution is 2.28. The van der Waals surface area contributed by atoms with Gasteiger partial charge in [0.2, 0.25) is 0 Å². The number of aryl methyl sites for hydroxylation is 2. The van der Waals surface area contributed by atoms with Crippen LogP contribution in [0.4, 0.5) is 5.13 Å². The second-order valence-electron chi connectivity index (χ2n) is 4.24. The van der Waals surface area contributed by atoms with E-state index in [-0.39, 0.29) is 9.92 Å². The average Bonchev–Trinajstić information content (AvgIpc) is 2.77. The lowest BCUT2D eigenvalue weighted by Gasteiger charge is -2.07. The third-order valence-corrected chi connectivity index (χ3v) is 5.68. The normalized spacial score (nSPS) is 11.1. The summed E-state index contributed by atoms with van der Waals surface area (Å²) in [6.45, 7) is 3.85. The molecule has 1 N–H and O–H groups in total. The zero-order chi connectivity index (χ0) is 15.6. The Labute approximate surface area is 132 Å². The number of nitrogens with zero attached hydrogens (tertiary/aromatic N) is 2. The van der Waals surface area contributed by atoms with E-state index < -0.39 is 10.0 Å². The summed E-state index contributed by atoms with van der Waals surface area (Å²) in [5.41, 5.74) is 1.17. The predicted octanol–water partition coefficient (Wildman–Crippen LogP) is 3.34. The van der Waals surface area contributed by atoms with Gasteiger partial charge in [-0.2, -0.15) is 5.26 Å². The number of rotatable bonds is 4. The van der Waals surface area contributed by atoms with E-state index in [9.17, 15) is 8.42 Å². The molecule has 2 rings (SSSR count). The third kappa shape index (κ3) is 3.35. The zero-order valence-corrected chi connectivity index (χ0v) is 13.7. The van der Waals surface area contributed by atoms with E-state index in [1.54, 1.807) is 0 Å². The van der Waals surface area contributed by atoms with Crippen molar-refractivity contribution in [1.82, 2.24) is 4.98 Å². The van der Waals surface area contributed by atoms with Crippen LogP contribution in [0.25, 0.3) is 0 Å². The largest absolute Gasteiger partial charge is 0.265 e. The number of sulfonamides is 1. The number of nitriles is 1. The van der Waals surface area contributed by atoms with Crippen molar-refractivity contribution < 1.29 is 8.42 Å². The van der Waals surface area contributed by atoms with Gasteiger partial charge in [0, 0.05) is 4.88 Å². The molecule has 0 aliphatic heterocycles. The summed E-state index contributed by atoms with van der Waals surface area (Å²) in [6, 6.07) is 5.94. The van der Waals surface area contributed by atoms with Crippen molar-refractivity contribution in [3.05, 3.63) is 39.4 Å². The van der Waals surface area contributed by atoms with Crippen molar-refractivity contribution in [3.8, 4) is 6.07 Å². The molecule has 1 heterocycles. The quantitative estimate of drug-likeness (QED) is 0.924. The maximum absolute atomic E-state index is 12.3. The van der Waals surface area contributed by atoms with Gasteiger partial charge in [-0.25, -0.2) is 13.4 Å². The van der Waals surface area contributed by atoms with Gasteiger partial charge in [0.1, 0.15) is 4.90 Å². The molecule has 0 fully saturated rings. The van der Waals surface area contributed by atoms with Gasteiger partial charge in [0.25, 0.3) is 10.0 Å². The lowest BCUT2D eigenvalue weighted by Crippen LogP contribution is -2.13. The maximum atomic E-state index is 12.3. The molecule has 0 spiro atoms. The van der Waals surface area contributed by atoms with E-state index in [1.807, 2.05) is 19.9 Å². The average molecular weight is 342 g/mol. The molecule has 0 radical (unpaired) electrons. The SMILES string of the molecule is CCc1nc(NS(=O)(=O)c2ccc(C#N)cc2Cl)sc1C. The minimum absolute atomic E-state index is 0.00513. The fourth-order valence-electron chi connectivity index (χ4n) is 1.76. The number of halogens is 1. The number of anilines is 1. The molecule has 0 saturated carbocycles. The molecule has 0 amide bonds. The van der Waals surface area contributed by atoms with E-state index in [2.05, 4.69) is 9.71 Å². The van der Waals surface area contributed by atoms with Crippen LogP contribution in [0.1, 0.15) is 23.1 Å². The van der Waals surface area contributed by atoms with Crippen molar-refractivity contribution in [2.45, 2.75) is 25.2 Å². The van der Waals surface area contributed by atoms with Gasteiger partial charge < -0.3 is 0 Å². The first-order chi connectivity index (χ1) is 9.87. The minimum atomic E-state index is -3.82. The van der Waals surface area contributed by atoms with E-state index >= 15 is 0 Å². The molecule has 5 nitrogen and oxygen atoms in total. The monoisotopic (exact) mass is 341 g/mol. The van der Waals surface area contributed by atoms with E-state index in [1.165, 1.54) is 29.5 Å². The molecule has 0 unspecified atom stereocenters. The Balaban J connectivity index is 2.36. The van der Waals surface area contributed by atoms with Gasteiger partial charge in [-0.15, -0.1) is 11.3 Å². The van der Waals surface area contributed by atoms with Crippen LogP contribution in [0, 0.1) is 18.3 Å². The lowest BCUT2D eigenvalue weighted by atomic mass is 10.2. The highest BCUT2D eigenvalue weighted by molar-refractivity contribution is 7.93. The second-order valence-corrected chi connectivity index (χ2v) is 7.50. The summed E-state index contributed by atoms with van der Waals surface area (Å²) < 4.78 is 27.1. The molecular formula is C13H12ClN3O2S2. The first-order valence-corrected chi connectivity index (χ1v) is 8.74. The Kier molecular flexibility index (Phi) is 4.52. The third-order valence-electron chi connectivity index (χ3n) is 2.80. The molecule has 0 atom stereocenters. The number of hydrogen-bond donors (Lipinski definition) is 1. The van der Waals surface area contributed by atoms with Crippen molar-refractivity contribution in [1.29, 1.82) is 5.26 Å². The van der Waals surface area contributed by atoms with Crippen molar-refractivity contribution in [2.75, 3.05) is 4.72 Å². The molecule has 0 bridgehead atoms. The molecule has 110 valence electrons. The second kappa shape index (κ2) is 6.02. The highest BCUT2D eigenvalue weighted by atomic mass is 35.5. The Morgan fingerprint density at radius 2 is 2.19 bits per heavy atom. The fraction of sp³-hybridized carbons (Fsp3) is 0.231. The van der Waals surface area contributed by atoms with Crippen molar-refractivity contribution in [3.63, 3.8) is 0 Å². The van der Waals surface area contributed by atoms with Gasteiger partial charge in [0.15, 0.2) is 5.13 Å². The van der Waals surface area contributed by atoms with Crippen molar-refractivity contribution >= 4 is 38.1 Å². The van der Waals surface area contributed by atoms with E-state index in [0.29, 0.717) is 10.7 Å². The number of aromatic nitrogens is 1. The molecule has 2 aromatic rings.